The van der Waals surface area contributed by atoms with E-state index in [-0.39, 0.29) is 0 Å². The molecule has 0 aliphatic carbocycles. The fraction of sp³-hybridized carbons (Fsp3) is 0.308. The highest BCUT2D eigenvalue weighted by Crippen LogP contribution is 2.12. The summed E-state index contributed by atoms with van der Waals surface area (Å²) < 4.78 is 1.87. The Morgan fingerprint density at radius 3 is 2.72 bits per heavy atom. The van der Waals surface area contributed by atoms with Crippen LogP contribution in [0.5, 0.6) is 0 Å². The van der Waals surface area contributed by atoms with Crippen LogP contribution >= 0.6 is 12.2 Å². The van der Waals surface area contributed by atoms with E-state index in [1.807, 2.05) is 16.8 Å². The summed E-state index contributed by atoms with van der Waals surface area (Å²) in [6.45, 7) is 4.84. The van der Waals surface area contributed by atoms with E-state index in [9.17, 15) is 0 Å². The summed E-state index contributed by atoms with van der Waals surface area (Å²) >= 11 is 4.98. The Balaban J connectivity index is 2.35. The van der Waals surface area contributed by atoms with Crippen molar-refractivity contribution in [3.8, 4) is 0 Å². The SMILES string of the molecule is CCc1c(C(N)=S)nnn1Cc1ccccc1C. The Kier molecular flexibility index (Phi) is 3.72. The van der Waals surface area contributed by atoms with E-state index in [0.717, 1.165) is 12.1 Å². The van der Waals surface area contributed by atoms with Crippen molar-refractivity contribution in [2.45, 2.75) is 26.8 Å². The zero-order valence-electron chi connectivity index (χ0n) is 10.6. The standard InChI is InChI=1S/C13H16N4S/c1-3-11-12(13(14)18)15-16-17(11)8-10-7-5-4-6-9(10)2/h4-7H,3,8H2,1-2H3,(H2,14,18). The summed E-state index contributed by atoms with van der Waals surface area (Å²) in [5.41, 5.74) is 9.74. The molecule has 1 heterocycles. The Bertz CT molecular complexity index is 574. The Morgan fingerprint density at radius 2 is 2.11 bits per heavy atom. The molecule has 4 nitrogen and oxygen atoms in total. The van der Waals surface area contributed by atoms with Crippen molar-refractivity contribution in [1.29, 1.82) is 0 Å². The van der Waals surface area contributed by atoms with Gasteiger partial charge in [-0.2, -0.15) is 0 Å². The molecular formula is C13H16N4S. The number of rotatable bonds is 4. The molecule has 0 aliphatic rings. The lowest BCUT2D eigenvalue weighted by Gasteiger charge is -2.08. The van der Waals surface area contributed by atoms with Crippen LogP contribution in [0.15, 0.2) is 24.3 Å². The normalized spacial score (nSPS) is 10.6. The van der Waals surface area contributed by atoms with Gasteiger partial charge in [-0.1, -0.05) is 48.6 Å². The highest BCUT2D eigenvalue weighted by Gasteiger charge is 2.13. The van der Waals surface area contributed by atoms with Gasteiger partial charge in [0.25, 0.3) is 0 Å². The lowest BCUT2D eigenvalue weighted by molar-refractivity contribution is 0.620. The minimum Gasteiger partial charge on any atom is -0.388 e. The molecule has 0 bridgehead atoms. The summed E-state index contributed by atoms with van der Waals surface area (Å²) in [6, 6.07) is 8.24. The maximum absolute atomic E-state index is 5.64. The quantitative estimate of drug-likeness (QED) is 0.852. The molecule has 18 heavy (non-hydrogen) atoms. The van der Waals surface area contributed by atoms with Crippen LogP contribution in [0.3, 0.4) is 0 Å². The maximum atomic E-state index is 5.64. The highest BCUT2D eigenvalue weighted by atomic mass is 32.1. The topological polar surface area (TPSA) is 56.7 Å². The minimum atomic E-state index is 0.308. The zero-order chi connectivity index (χ0) is 13.1. The van der Waals surface area contributed by atoms with Gasteiger partial charge in [-0.25, -0.2) is 4.68 Å². The number of benzene rings is 1. The second kappa shape index (κ2) is 5.27. The molecule has 0 fully saturated rings. The number of hydrogen-bond donors (Lipinski definition) is 1. The van der Waals surface area contributed by atoms with Crippen molar-refractivity contribution in [1.82, 2.24) is 15.0 Å². The Labute approximate surface area is 112 Å². The second-order valence-corrected chi connectivity index (χ2v) is 4.63. The highest BCUT2D eigenvalue weighted by molar-refractivity contribution is 7.80. The van der Waals surface area contributed by atoms with Crippen LogP contribution in [-0.4, -0.2) is 20.0 Å². The smallest absolute Gasteiger partial charge is 0.143 e. The van der Waals surface area contributed by atoms with Gasteiger partial charge in [0.2, 0.25) is 0 Å². The first-order valence-electron chi connectivity index (χ1n) is 5.90. The molecule has 1 aromatic heterocycles. The molecule has 0 saturated carbocycles. The number of aryl methyl sites for hydroxylation is 1. The van der Waals surface area contributed by atoms with E-state index in [0.29, 0.717) is 17.2 Å². The molecule has 0 unspecified atom stereocenters. The average molecular weight is 260 g/mol. The van der Waals surface area contributed by atoms with E-state index < -0.39 is 0 Å². The molecule has 0 atom stereocenters. The molecule has 2 aromatic rings. The van der Waals surface area contributed by atoms with Crippen LogP contribution < -0.4 is 5.73 Å². The molecule has 2 N–H and O–H groups in total. The molecule has 0 saturated heterocycles. The van der Waals surface area contributed by atoms with E-state index in [1.54, 1.807) is 0 Å². The van der Waals surface area contributed by atoms with Gasteiger partial charge >= 0.3 is 0 Å². The van der Waals surface area contributed by atoms with Crippen LogP contribution in [0.1, 0.15) is 29.4 Å². The van der Waals surface area contributed by atoms with Crippen molar-refractivity contribution in [3.63, 3.8) is 0 Å². The molecule has 5 heteroatoms. The van der Waals surface area contributed by atoms with E-state index in [2.05, 4.69) is 36.3 Å². The van der Waals surface area contributed by atoms with Gasteiger partial charge in [0, 0.05) is 0 Å². The van der Waals surface area contributed by atoms with E-state index >= 15 is 0 Å². The van der Waals surface area contributed by atoms with Crippen molar-refractivity contribution in [3.05, 3.63) is 46.8 Å². The van der Waals surface area contributed by atoms with Gasteiger partial charge in [0.15, 0.2) is 0 Å². The monoisotopic (exact) mass is 260 g/mol. The molecule has 0 aliphatic heterocycles. The molecular weight excluding hydrogens is 244 g/mol. The number of hydrogen-bond acceptors (Lipinski definition) is 3. The summed E-state index contributed by atoms with van der Waals surface area (Å²) in [7, 11) is 0. The number of nitrogens with zero attached hydrogens (tertiary/aromatic N) is 3. The molecule has 94 valence electrons. The number of aromatic nitrogens is 3. The predicted octanol–water partition coefficient (Wildman–Crippen LogP) is 1.83. The van der Waals surface area contributed by atoms with Crippen molar-refractivity contribution in [2.24, 2.45) is 5.73 Å². The fourth-order valence-electron chi connectivity index (χ4n) is 1.95. The third-order valence-corrected chi connectivity index (χ3v) is 3.18. The lowest BCUT2D eigenvalue weighted by Crippen LogP contribution is -2.14. The fourth-order valence-corrected chi connectivity index (χ4v) is 2.11. The van der Waals surface area contributed by atoms with Gasteiger partial charge in [0.05, 0.1) is 12.2 Å². The average Bonchev–Trinajstić information content (AvgIpc) is 2.75. The molecule has 2 rings (SSSR count). The minimum absolute atomic E-state index is 0.308. The third-order valence-electron chi connectivity index (χ3n) is 2.99. The van der Waals surface area contributed by atoms with Gasteiger partial charge in [-0.15, -0.1) is 5.10 Å². The van der Waals surface area contributed by atoms with Crippen LogP contribution in [-0.2, 0) is 13.0 Å². The van der Waals surface area contributed by atoms with Crippen LogP contribution in [0.2, 0.25) is 0 Å². The summed E-state index contributed by atoms with van der Waals surface area (Å²) in [6.07, 6.45) is 0.811. The summed E-state index contributed by atoms with van der Waals surface area (Å²) in [5.74, 6) is 0. The van der Waals surface area contributed by atoms with E-state index in [1.165, 1.54) is 11.1 Å². The summed E-state index contributed by atoms with van der Waals surface area (Å²) in [5, 5.41) is 8.20. The van der Waals surface area contributed by atoms with Gasteiger partial charge in [0.1, 0.15) is 10.7 Å². The first-order valence-corrected chi connectivity index (χ1v) is 6.31. The van der Waals surface area contributed by atoms with Gasteiger partial charge < -0.3 is 5.73 Å². The number of nitrogens with two attached hydrogens (primary N) is 1. The third kappa shape index (κ3) is 2.41. The van der Waals surface area contributed by atoms with Crippen LogP contribution in [0.25, 0.3) is 0 Å². The molecule has 0 spiro atoms. The Morgan fingerprint density at radius 1 is 1.39 bits per heavy atom. The first kappa shape index (κ1) is 12.7. The molecule has 0 radical (unpaired) electrons. The molecule has 0 amide bonds. The van der Waals surface area contributed by atoms with Crippen LogP contribution in [0.4, 0.5) is 0 Å². The van der Waals surface area contributed by atoms with Crippen molar-refractivity contribution < 1.29 is 0 Å². The van der Waals surface area contributed by atoms with E-state index in [4.69, 9.17) is 18.0 Å². The maximum Gasteiger partial charge on any atom is 0.143 e. The summed E-state index contributed by atoms with van der Waals surface area (Å²) in [4.78, 5) is 0.308. The van der Waals surface area contributed by atoms with Gasteiger partial charge in [-0.05, 0) is 24.5 Å². The second-order valence-electron chi connectivity index (χ2n) is 4.19. The largest absolute Gasteiger partial charge is 0.388 e. The number of thiocarbonyl (C=S) groups is 1. The van der Waals surface area contributed by atoms with Crippen molar-refractivity contribution in [2.75, 3.05) is 0 Å². The van der Waals surface area contributed by atoms with Crippen LogP contribution in [0, 0.1) is 6.92 Å². The van der Waals surface area contributed by atoms with Crippen molar-refractivity contribution >= 4 is 17.2 Å². The zero-order valence-corrected chi connectivity index (χ0v) is 11.4. The first-order chi connectivity index (χ1) is 8.63. The Hall–Kier alpha value is -1.75. The predicted molar refractivity (Wildman–Crippen MR) is 75.6 cm³/mol. The molecule has 1 aromatic carbocycles. The van der Waals surface area contributed by atoms with Gasteiger partial charge in [-0.3, -0.25) is 0 Å². The lowest BCUT2D eigenvalue weighted by atomic mass is 10.1.